The molecule has 1 aliphatic rings. The molecular weight excluding hydrogens is 216 g/mol. The molecule has 0 spiro atoms. The summed E-state index contributed by atoms with van der Waals surface area (Å²) in [5.41, 5.74) is 0.714. The molecule has 0 aliphatic carbocycles. The Hall–Kier alpha value is -1.13. The third-order valence-electron chi connectivity index (χ3n) is 3.38. The minimum absolute atomic E-state index is 0.0565. The van der Waals surface area contributed by atoms with Gasteiger partial charge in [0.05, 0.1) is 25.5 Å². The zero-order valence-electron chi connectivity index (χ0n) is 10.8. The Kier molecular flexibility index (Phi) is 3.35. The number of Topliss-reactive ketones (excluding diaryl/α,β-unsaturated/α-hetero) is 1. The minimum Gasteiger partial charge on any atom is -0.378 e. The van der Waals surface area contributed by atoms with E-state index in [-0.39, 0.29) is 11.3 Å². The molecule has 0 saturated carbocycles. The first kappa shape index (κ1) is 12.3. The summed E-state index contributed by atoms with van der Waals surface area (Å²) in [6, 6.07) is 3.77. The van der Waals surface area contributed by atoms with Gasteiger partial charge >= 0.3 is 0 Å². The van der Waals surface area contributed by atoms with Gasteiger partial charge in [0.1, 0.15) is 0 Å². The maximum absolute atomic E-state index is 12.2. The molecule has 1 saturated heterocycles. The summed E-state index contributed by atoms with van der Waals surface area (Å²) < 4.78 is 7.32. The van der Waals surface area contributed by atoms with E-state index in [0.717, 1.165) is 12.2 Å². The SMILES string of the molecule is Cn1cccc1C(=O)CN1CCOCC1(C)C. The molecule has 94 valence electrons. The second kappa shape index (κ2) is 4.63. The highest BCUT2D eigenvalue weighted by Gasteiger charge is 2.32. The normalized spacial score (nSPS) is 20.4. The highest BCUT2D eigenvalue weighted by molar-refractivity contribution is 5.96. The monoisotopic (exact) mass is 236 g/mol. The van der Waals surface area contributed by atoms with Crippen LogP contribution in [0, 0.1) is 0 Å². The van der Waals surface area contributed by atoms with Crippen LogP contribution >= 0.6 is 0 Å². The lowest BCUT2D eigenvalue weighted by molar-refractivity contribution is -0.0468. The van der Waals surface area contributed by atoms with Gasteiger partial charge in [0, 0.05) is 25.3 Å². The van der Waals surface area contributed by atoms with Crippen molar-refractivity contribution in [2.75, 3.05) is 26.3 Å². The average Bonchev–Trinajstić information content (AvgIpc) is 2.67. The lowest BCUT2D eigenvalue weighted by Crippen LogP contribution is -2.54. The number of rotatable bonds is 3. The fraction of sp³-hybridized carbons (Fsp3) is 0.615. The number of carbonyl (C=O) groups is 1. The zero-order chi connectivity index (χ0) is 12.5. The Balaban J connectivity index is 2.06. The number of aryl methyl sites for hydroxylation is 1. The van der Waals surface area contributed by atoms with Crippen LogP contribution in [0.1, 0.15) is 24.3 Å². The molecule has 1 aromatic rings. The van der Waals surface area contributed by atoms with Gasteiger partial charge in [-0.25, -0.2) is 0 Å². The van der Waals surface area contributed by atoms with Crippen molar-refractivity contribution in [3.8, 4) is 0 Å². The molecule has 0 aromatic carbocycles. The van der Waals surface area contributed by atoms with Gasteiger partial charge in [-0.05, 0) is 26.0 Å². The van der Waals surface area contributed by atoms with Crippen molar-refractivity contribution in [2.45, 2.75) is 19.4 Å². The van der Waals surface area contributed by atoms with E-state index in [2.05, 4.69) is 18.7 Å². The molecule has 0 atom stereocenters. The molecule has 4 heteroatoms. The Labute approximate surface area is 102 Å². The predicted octanol–water partition coefficient (Wildman–Crippen LogP) is 1.32. The number of carbonyl (C=O) groups excluding carboxylic acids is 1. The Morgan fingerprint density at radius 2 is 2.29 bits per heavy atom. The molecule has 17 heavy (non-hydrogen) atoms. The van der Waals surface area contributed by atoms with Crippen LogP contribution in [0.2, 0.25) is 0 Å². The van der Waals surface area contributed by atoms with Gasteiger partial charge in [0.15, 0.2) is 5.78 Å². The quantitative estimate of drug-likeness (QED) is 0.742. The molecule has 1 aromatic heterocycles. The molecule has 0 unspecified atom stereocenters. The second-order valence-corrected chi connectivity index (χ2v) is 5.21. The smallest absolute Gasteiger partial charge is 0.193 e. The van der Waals surface area contributed by atoms with Gasteiger partial charge in [0.2, 0.25) is 0 Å². The highest BCUT2D eigenvalue weighted by atomic mass is 16.5. The van der Waals surface area contributed by atoms with Crippen molar-refractivity contribution in [3.05, 3.63) is 24.0 Å². The Morgan fingerprint density at radius 3 is 2.88 bits per heavy atom. The zero-order valence-corrected chi connectivity index (χ0v) is 10.8. The Bertz CT molecular complexity index is 409. The molecule has 4 nitrogen and oxygen atoms in total. The largest absolute Gasteiger partial charge is 0.378 e. The standard InChI is InChI=1S/C13H20N2O2/c1-13(2)10-17-8-7-15(13)9-12(16)11-5-4-6-14(11)3/h4-6H,7-10H2,1-3H3. The maximum atomic E-state index is 12.2. The van der Waals surface area contributed by atoms with Crippen LogP contribution in [0.15, 0.2) is 18.3 Å². The van der Waals surface area contributed by atoms with Gasteiger partial charge in [0.25, 0.3) is 0 Å². The molecule has 2 heterocycles. The number of hydrogen-bond acceptors (Lipinski definition) is 3. The van der Waals surface area contributed by atoms with Crippen LogP contribution in [0.4, 0.5) is 0 Å². The van der Waals surface area contributed by atoms with E-state index in [9.17, 15) is 4.79 Å². The summed E-state index contributed by atoms with van der Waals surface area (Å²) in [5.74, 6) is 0.174. The van der Waals surface area contributed by atoms with E-state index in [0.29, 0.717) is 19.8 Å². The maximum Gasteiger partial charge on any atom is 0.193 e. The van der Waals surface area contributed by atoms with E-state index in [1.807, 2.05) is 29.9 Å². The highest BCUT2D eigenvalue weighted by Crippen LogP contribution is 2.19. The van der Waals surface area contributed by atoms with E-state index in [1.54, 1.807) is 0 Å². The summed E-state index contributed by atoms with van der Waals surface area (Å²) in [4.78, 5) is 14.4. The van der Waals surface area contributed by atoms with Gasteiger partial charge in [-0.1, -0.05) is 0 Å². The predicted molar refractivity (Wildman–Crippen MR) is 66.2 cm³/mol. The molecular formula is C13H20N2O2. The molecule has 1 fully saturated rings. The van der Waals surface area contributed by atoms with Crippen LogP contribution in [0.5, 0.6) is 0 Å². The fourth-order valence-electron chi connectivity index (χ4n) is 2.19. The molecule has 2 rings (SSSR count). The van der Waals surface area contributed by atoms with Crippen LogP contribution < -0.4 is 0 Å². The lowest BCUT2D eigenvalue weighted by Gasteiger charge is -2.41. The third-order valence-corrected chi connectivity index (χ3v) is 3.38. The number of nitrogens with zero attached hydrogens (tertiary/aromatic N) is 2. The van der Waals surface area contributed by atoms with Crippen LogP contribution in [-0.2, 0) is 11.8 Å². The fourth-order valence-corrected chi connectivity index (χ4v) is 2.19. The first-order valence-corrected chi connectivity index (χ1v) is 5.98. The van der Waals surface area contributed by atoms with Crippen molar-refractivity contribution >= 4 is 5.78 Å². The average molecular weight is 236 g/mol. The van der Waals surface area contributed by atoms with Crippen LogP contribution in [-0.4, -0.2) is 47.1 Å². The van der Waals surface area contributed by atoms with E-state index in [4.69, 9.17) is 4.74 Å². The lowest BCUT2D eigenvalue weighted by atomic mass is 10.0. The van der Waals surface area contributed by atoms with Crippen molar-refractivity contribution < 1.29 is 9.53 Å². The topological polar surface area (TPSA) is 34.5 Å². The third kappa shape index (κ3) is 2.58. The number of hydrogen-bond donors (Lipinski definition) is 0. The van der Waals surface area contributed by atoms with E-state index >= 15 is 0 Å². The van der Waals surface area contributed by atoms with E-state index in [1.165, 1.54) is 0 Å². The summed E-state index contributed by atoms with van der Waals surface area (Å²) >= 11 is 0. The first-order chi connectivity index (χ1) is 8.00. The summed E-state index contributed by atoms with van der Waals surface area (Å²) in [6.45, 7) is 6.92. The van der Waals surface area contributed by atoms with Crippen molar-refractivity contribution in [2.24, 2.45) is 7.05 Å². The second-order valence-electron chi connectivity index (χ2n) is 5.21. The van der Waals surface area contributed by atoms with Crippen molar-refractivity contribution in [3.63, 3.8) is 0 Å². The van der Waals surface area contributed by atoms with Crippen LogP contribution in [0.3, 0.4) is 0 Å². The molecule has 0 amide bonds. The van der Waals surface area contributed by atoms with Gasteiger partial charge in [-0.2, -0.15) is 0 Å². The van der Waals surface area contributed by atoms with Gasteiger partial charge < -0.3 is 9.30 Å². The summed E-state index contributed by atoms with van der Waals surface area (Å²) in [6.07, 6.45) is 1.90. The molecule has 0 N–H and O–H groups in total. The molecule has 0 bridgehead atoms. The summed E-state index contributed by atoms with van der Waals surface area (Å²) in [5, 5.41) is 0. The molecule has 1 aliphatic heterocycles. The van der Waals surface area contributed by atoms with Gasteiger partial charge in [-0.15, -0.1) is 0 Å². The first-order valence-electron chi connectivity index (χ1n) is 5.98. The molecule has 0 radical (unpaired) electrons. The van der Waals surface area contributed by atoms with Crippen LogP contribution in [0.25, 0.3) is 0 Å². The number of aromatic nitrogens is 1. The Morgan fingerprint density at radius 1 is 1.53 bits per heavy atom. The van der Waals surface area contributed by atoms with E-state index < -0.39 is 0 Å². The number of ketones is 1. The number of morpholine rings is 1. The number of ether oxygens (including phenoxy) is 1. The minimum atomic E-state index is -0.0565. The van der Waals surface area contributed by atoms with Gasteiger partial charge in [-0.3, -0.25) is 9.69 Å². The summed E-state index contributed by atoms with van der Waals surface area (Å²) in [7, 11) is 1.90. The van der Waals surface area contributed by atoms with Crippen molar-refractivity contribution in [1.82, 2.24) is 9.47 Å². The van der Waals surface area contributed by atoms with Crippen molar-refractivity contribution in [1.29, 1.82) is 0 Å².